The summed E-state index contributed by atoms with van der Waals surface area (Å²) < 4.78 is 17.7. The van der Waals surface area contributed by atoms with Crippen molar-refractivity contribution in [3.8, 4) is 22.6 Å². The maximum atomic E-state index is 13.0. The molecule has 0 fully saturated rings. The van der Waals surface area contributed by atoms with Gasteiger partial charge in [-0.2, -0.15) is 0 Å². The van der Waals surface area contributed by atoms with Crippen LogP contribution in [0.5, 0.6) is 11.5 Å². The molecule has 4 aromatic rings. The third kappa shape index (κ3) is 5.50. The number of anilines is 1. The predicted octanol–water partition coefficient (Wildman–Crippen LogP) is 7.68. The Labute approximate surface area is 228 Å². The predicted molar refractivity (Wildman–Crippen MR) is 151 cm³/mol. The average molecular weight is 522 g/mol. The van der Waals surface area contributed by atoms with Gasteiger partial charge in [-0.25, -0.2) is 4.79 Å². The van der Waals surface area contributed by atoms with Gasteiger partial charge < -0.3 is 14.2 Å². The topological polar surface area (TPSA) is 73.9 Å². The van der Waals surface area contributed by atoms with Gasteiger partial charge in [0, 0.05) is 12.3 Å². The highest BCUT2D eigenvalue weighted by Crippen LogP contribution is 2.45. The van der Waals surface area contributed by atoms with Gasteiger partial charge in [0.05, 0.1) is 5.69 Å². The molecule has 0 aromatic heterocycles. The first kappa shape index (κ1) is 26.0. The monoisotopic (exact) mass is 521 g/mol. The summed E-state index contributed by atoms with van der Waals surface area (Å²) in [5.41, 5.74) is 5.08. The second-order valence-electron chi connectivity index (χ2n) is 9.89. The van der Waals surface area contributed by atoms with E-state index in [-0.39, 0.29) is 30.4 Å². The Balaban J connectivity index is 1.36. The van der Waals surface area contributed by atoms with Crippen LogP contribution < -0.4 is 14.8 Å². The van der Waals surface area contributed by atoms with Crippen LogP contribution in [-0.4, -0.2) is 18.7 Å². The molecular formula is C33H31NO5. The number of esters is 1. The fourth-order valence-corrected chi connectivity index (χ4v) is 4.90. The van der Waals surface area contributed by atoms with E-state index in [4.69, 9.17) is 14.2 Å². The second kappa shape index (κ2) is 11.0. The summed E-state index contributed by atoms with van der Waals surface area (Å²) in [7, 11) is 0. The molecule has 39 heavy (non-hydrogen) atoms. The van der Waals surface area contributed by atoms with Crippen LogP contribution in [0.1, 0.15) is 49.8 Å². The molecule has 1 N–H and O–H groups in total. The van der Waals surface area contributed by atoms with Gasteiger partial charge in [0.2, 0.25) is 0 Å². The summed E-state index contributed by atoms with van der Waals surface area (Å²) in [6.07, 6.45) is -0.481. The molecule has 0 unspecified atom stereocenters. The molecule has 0 saturated carbocycles. The van der Waals surface area contributed by atoms with Crippen LogP contribution >= 0.6 is 0 Å². The zero-order chi connectivity index (χ0) is 27.4. The molecule has 5 rings (SSSR count). The van der Waals surface area contributed by atoms with Crippen molar-refractivity contribution < 1.29 is 23.8 Å². The summed E-state index contributed by atoms with van der Waals surface area (Å²) in [5.74, 6) is -0.0370. The quantitative estimate of drug-likeness (QED) is 0.190. The van der Waals surface area contributed by atoms with Crippen molar-refractivity contribution in [1.82, 2.24) is 0 Å². The molecule has 0 radical (unpaired) electrons. The van der Waals surface area contributed by atoms with Crippen LogP contribution in [0.25, 0.3) is 11.1 Å². The molecule has 0 bridgehead atoms. The zero-order valence-corrected chi connectivity index (χ0v) is 22.3. The molecule has 0 saturated heterocycles. The highest BCUT2D eigenvalue weighted by atomic mass is 16.6. The maximum absolute atomic E-state index is 13.0. The molecule has 1 amide bonds. The van der Waals surface area contributed by atoms with Gasteiger partial charge in [-0.15, -0.1) is 0 Å². The van der Waals surface area contributed by atoms with E-state index < -0.39 is 17.7 Å². The SMILES string of the molecule is CCC(=O)Oc1c(NC(=O)OCC2c3ccccc3-c3ccccc32)cccc1OC(C)(C)c1ccccc1. The average Bonchev–Trinajstić information content (AvgIpc) is 3.27. The number of hydrogen-bond donors (Lipinski definition) is 1. The fourth-order valence-electron chi connectivity index (χ4n) is 4.90. The minimum atomic E-state index is -0.725. The van der Waals surface area contributed by atoms with Crippen LogP contribution in [0.4, 0.5) is 10.5 Å². The Bertz CT molecular complexity index is 1450. The Kier molecular flexibility index (Phi) is 7.37. The van der Waals surface area contributed by atoms with E-state index in [1.54, 1.807) is 25.1 Å². The van der Waals surface area contributed by atoms with Crippen molar-refractivity contribution in [3.63, 3.8) is 0 Å². The van der Waals surface area contributed by atoms with Crippen LogP contribution in [-0.2, 0) is 15.1 Å². The minimum absolute atomic E-state index is 0.0677. The molecule has 1 aliphatic carbocycles. The van der Waals surface area contributed by atoms with Gasteiger partial charge in [0.1, 0.15) is 12.2 Å². The van der Waals surface area contributed by atoms with E-state index in [9.17, 15) is 9.59 Å². The number of amides is 1. The van der Waals surface area contributed by atoms with Crippen LogP contribution in [0.15, 0.2) is 97.1 Å². The maximum Gasteiger partial charge on any atom is 0.411 e. The third-order valence-corrected chi connectivity index (χ3v) is 6.90. The van der Waals surface area contributed by atoms with Crippen molar-refractivity contribution in [1.29, 1.82) is 0 Å². The number of fused-ring (bicyclic) bond motifs is 3. The van der Waals surface area contributed by atoms with Crippen LogP contribution in [0, 0.1) is 0 Å². The first-order chi connectivity index (χ1) is 18.9. The van der Waals surface area contributed by atoms with Gasteiger partial charge in [-0.3, -0.25) is 10.1 Å². The lowest BCUT2D eigenvalue weighted by Crippen LogP contribution is -2.26. The van der Waals surface area contributed by atoms with Gasteiger partial charge in [0.15, 0.2) is 11.5 Å². The molecule has 6 nitrogen and oxygen atoms in total. The van der Waals surface area contributed by atoms with E-state index in [0.29, 0.717) is 5.75 Å². The molecular weight excluding hydrogens is 490 g/mol. The van der Waals surface area contributed by atoms with Crippen molar-refractivity contribution in [2.24, 2.45) is 0 Å². The summed E-state index contributed by atoms with van der Waals surface area (Å²) in [4.78, 5) is 25.3. The first-order valence-corrected chi connectivity index (χ1v) is 13.1. The van der Waals surface area contributed by atoms with E-state index in [1.807, 2.05) is 68.4 Å². The normalized spacial score (nSPS) is 12.3. The number of nitrogens with one attached hydrogen (secondary N) is 1. The lowest BCUT2D eigenvalue weighted by Gasteiger charge is -2.28. The van der Waals surface area contributed by atoms with Crippen molar-refractivity contribution in [2.45, 2.75) is 38.7 Å². The third-order valence-electron chi connectivity index (χ3n) is 6.90. The van der Waals surface area contributed by atoms with Crippen LogP contribution in [0.2, 0.25) is 0 Å². The molecule has 1 aliphatic rings. The van der Waals surface area contributed by atoms with Gasteiger partial charge in [-0.1, -0.05) is 91.9 Å². The van der Waals surface area contributed by atoms with E-state index in [1.165, 1.54) is 0 Å². The van der Waals surface area contributed by atoms with Gasteiger partial charge in [0.25, 0.3) is 0 Å². The molecule has 0 atom stereocenters. The van der Waals surface area contributed by atoms with Crippen molar-refractivity contribution in [3.05, 3.63) is 114 Å². The summed E-state index contributed by atoms with van der Waals surface area (Å²) in [6, 6.07) is 31.2. The number of hydrogen-bond acceptors (Lipinski definition) is 5. The summed E-state index contributed by atoms with van der Waals surface area (Å²) >= 11 is 0. The van der Waals surface area contributed by atoms with Gasteiger partial charge in [-0.05, 0) is 53.8 Å². The molecule has 198 valence electrons. The summed E-state index contributed by atoms with van der Waals surface area (Å²) in [6.45, 7) is 5.73. The Hall–Kier alpha value is -4.58. The first-order valence-electron chi connectivity index (χ1n) is 13.1. The highest BCUT2D eigenvalue weighted by molar-refractivity contribution is 5.89. The largest absolute Gasteiger partial charge is 0.479 e. The fraction of sp³-hybridized carbons (Fsp3) is 0.212. The smallest absolute Gasteiger partial charge is 0.411 e. The van der Waals surface area contributed by atoms with E-state index >= 15 is 0 Å². The molecule has 0 spiro atoms. The Morgan fingerprint density at radius 1 is 0.795 bits per heavy atom. The zero-order valence-electron chi connectivity index (χ0n) is 22.3. The number of benzene rings is 4. The lowest BCUT2D eigenvalue weighted by molar-refractivity contribution is -0.134. The molecule has 6 heteroatoms. The number of carbonyl (C=O) groups excluding carboxylic acids is 2. The van der Waals surface area contributed by atoms with E-state index in [0.717, 1.165) is 27.8 Å². The number of ether oxygens (including phenoxy) is 3. The highest BCUT2D eigenvalue weighted by Gasteiger charge is 2.30. The standard InChI is InChI=1S/C33H31NO5/c1-4-30(35)38-31-28(19-12-20-29(31)39-33(2,3)22-13-6-5-7-14-22)34-32(36)37-21-27-25-17-10-8-15-23(25)24-16-9-11-18-26(24)27/h5-20,27H,4,21H2,1-3H3,(H,34,36). The molecule has 4 aromatic carbocycles. The lowest BCUT2D eigenvalue weighted by atomic mass is 9.98. The second-order valence-corrected chi connectivity index (χ2v) is 9.89. The van der Waals surface area contributed by atoms with Crippen molar-refractivity contribution in [2.75, 3.05) is 11.9 Å². The van der Waals surface area contributed by atoms with Crippen LogP contribution in [0.3, 0.4) is 0 Å². The van der Waals surface area contributed by atoms with Crippen molar-refractivity contribution >= 4 is 17.7 Å². The molecule has 0 aliphatic heterocycles. The number of rotatable bonds is 8. The molecule has 0 heterocycles. The number of carbonyl (C=O) groups is 2. The Morgan fingerprint density at radius 2 is 1.41 bits per heavy atom. The van der Waals surface area contributed by atoms with Gasteiger partial charge >= 0.3 is 12.1 Å². The number of para-hydroxylation sites is 1. The summed E-state index contributed by atoms with van der Waals surface area (Å²) in [5, 5.41) is 2.76. The van der Waals surface area contributed by atoms with E-state index in [2.05, 4.69) is 29.6 Å². The minimum Gasteiger partial charge on any atom is -0.479 e. The Morgan fingerprint density at radius 3 is 2.05 bits per heavy atom.